The van der Waals surface area contributed by atoms with Gasteiger partial charge < -0.3 is 10.2 Å². The molecule has 2 heterocycles. The molecule has 0 spiro atoms. The lowest BCUT2D eigenvalue weighted by Crippen LogP contribution is -2.44. The zero-order valence-electron chi connectivity index (χ0n) is 15.8. The highest BCUT2D eigenvalue weighted by Crippen LogP contribution is 2.30. The SMILES string of the molecule is CCS(=O)(=O)c1ccc(N2CCC(NC3CCCc4[nH]ncc43)CC2)cc1. The number of sulfone groups is 1. The maximum Gasteiger partial charge on any atom is 0.178 e. The summed E-state index contributed by atoms with van der Waals surface area (Å²) in [5.41, 5.74) is 3.74. The number of hydrogen-bond acceptors (Lipinski definition) is 5. The molecule has 0 amide bonds. The van der Waals surface area contributed by atoms with Crippen LogP contribution in [0.3, 0.4) is 0 Å². The first-order valence-electron chi connectivity index (χ1n) is 9.93. The third kappa shape index (κ3) is 3.89. The molecular weight excluding hydrogens is 360 g/mol. The normalized spacial score (nSPS) is 21.2. The van der Waals surface area contributed by atoms with Gasteiger partial charge in [0.2, 0.25) is 0 Å². The molecule has 4 rings (SSSR count). The van der Waals surface area contributed by atoms with E-state index in [1.165, 1.54) is 24.1 Å². The van der Waals surface area contributed by atoms with Crippen molar-refractivity contribution in [1.29, 1.82) is 0 Å². The molecule has 0 radical (unpaired) electrons. The van der Waals surface area contributed by atoms with E-state index in [9.17, 15) is 8.42 Å². The van der Waals surface area contributed by atoms with Crippen molar-refractivity contribution in [3.8, 4) is 0 Å². The number of H-pyrrole nitrogens is 1. The molecular formula is C20H28N4O2S. The van der Waals surface area contributed by atoms with E-state index >= 15 is 0 Å². The second kappa shape index (κ2) is 7.64. The summed E-state index contributed by atoms with van der Waals surface area (Å²) in [5.74, 6) is 0.142. The molecule has 1 aliphatic carbocycles. The number of aromatic amines is 1. The molecule has 1 aromatic heterocycles. The van der Waals surface area contributed by atoms with Crippen LogP contribution in [0, 0.1) is 0 Å². The Labute approximate surface area is 161 Å². The first-order chi connectivity index (χ1) is 13.1. The van der Waals surface area contributed by atoms with E-state index < -0.39 is 9.84 Å². The zero-order chi connectivity index (χ0) is 18.9. The van der Waals surface area contributed by atoms with Crippen molar-refractivity contribution < 1.29 is 8.42 Å². The third-order valence-corrected chi connectivity index (χ3v) is 7.67. The summed E-state index contributed by atoms with van der Waals surface area (Å²) in [4.78, 5) is 2.77. The largest absolute Gasteiger partial charge is 0.371 e. The lowest BCUT2D eigenvalue weighted by atomic mass is 9.91. The highest BCUT2D eigenvalue weighted by molar-refractivity contribution is 7.91. The Hall–Kier alpha value is -1.86. The first kappa shape index (κ1) is 18.5. The van der Waals surface area contributed by atoms with Crippen molar-refractivity contribution in [2.45, 2.75) is 56.0 Å². The summed E-state index contributed by atoms with van der Waals surface area (Å²) in [6, 6.07) is 8.29. The van der Waals surface area contributed by atoms with Crippen LogP contribution < -0.4 is 10.2 Å². The number of hydrogen-bond donors (Lipinski definition) is 2. The molecule has 2 aromatic rings. The van der Waals surface area contributed by atoms with Gasteiger partial charge in [-0.1, -0.05) is 6.92 Å². The van der Waals surface area contributed by atoms with E-state index in [0.717, 1.165) is 38.0 Å². The lowest BCUT2D eigenvalue weighted by molar-refractivity contribution is 0.346. The number of aryl methyl sites for hydroxylation is 1. The topological polar surface area (TPSA) is 78.1 Å². The number of nitrogens with one attached hydrogen (secondary N) is 2. The van der Waals surface area contributed by atoms with E-state index in [2.05, 4.69) is 20.4 Å². The molecule has 0 bridgehead atoms. The molecule has 0 saturated carbocycles. The Bertz CT molecular complexity index is 868. The molecule has 1 atom stereocenters. The second-order valence-corrected chi connectivity index (χ2v) is 9.85. The van der Waals surface area contributed by atoms with Gasteiger partial charge in [0.15, 0.2) is 9.84 Å². The van der Waals surface area contributed by atoms with Crippen LogP contribution in [0.2, 0.25) is 0 Å². The fourth-order valence-corrected chi connectivity index (χ4v) is 5.14. The van der Waals surface area contributed by atoms with E-state index in [1.807, 2.05) is 18.3 Å². The van der Waals surface area contributed by atoms with Crippen molar-refractivity contribution in [2.24, 2.45) is 0 Å². The van der Waals surface area contributed by atoms with Crippen LogP contribution in [0.5, 0.6) is 0 Å². The number of aromatic nitrogens is 2. The predicted octanol–water partition coefficient (Wildman–Crippen LogP) is 2.84. The number of piperidine rings is 1. The van der Waals surface area contributed by atoms with Crippen molar-refractivity contribution >= 4 is 15.5 Å². The number of rotatable bonds is 5. The highest BCUT2D eigenvalue weighted by atomic mass is 32.2. The number of fused-ring (bicyclic) bond motifs is 1. The van der Waals surface area contributed by atoms with Gasteiger partial charge in [0.1, 0.15) is 0 Å². The van der Waals surface area contributed by atoms with Crippen molar-refractivity contribution in [2.75, 3.05) is 23.7 Å². The number of nitrogens with zero attached hydrogens (tertiary/aromatic N) is 2. The quantitative estimate of drug-likeness (QED) is 0.823. The van der Waals surface area contributed by atoms with Crippen LogP contribution in [0.15, 0.2) is 35.4 Å². The van der Waals surface area contributed by atoms with Crippen molar-refractivity contribution in [1.82, 2.24) is 15.5 Å². The van der Waals surface area contributed by atoms with E-state index in [-0.39, 0.29) is 5.75 Å². The van der Waals surface area contributed by atoms with Gasteiger partial charge in [-0.25, -0.2) is 8.42 Å². The number of benzene rings is 1. The summed E-state index contributed by atoms with van der Waals surface area (Å²) < 4.78 is 23.9. The second-order valence-electron chi connectivity index (χ2n) is 7.57. The fraction of sp³-hybridized carbons (Fsp3) is 0.550. The zero-order valence-corrected chi connectivity index (χ0v) is 16.6. The van der Waals surface area contributed by atoms with Crippen LogP contribution in [-0.4, -0.2) is 43.5 Å². The smallest absolute Gasteiger partial charge is 0.178 e. The van der Waals surface area contributed by atoms with Gasteiger partial charge in [0, 0.05) is 42.1 Å². The standard InChI is InChI=1S/C20H28N4O2S/c1-2-27(25,26)17-8-6-16(7-9-17)24-12-10-15(11-13-24)22-19-4-3-5-20-18(19)14-21-23-20/h6-9,14-15,19,22H,2-5,10-13H2,1H3,(H,21,23). The average molecular weight is 389 g/mol. The van der Waals surface area contributed by atoms with Gasteiger partial charge in [-0.2, -0.15) is 5.10 Å². The maximum atomic E-state index is 12.0. The Balaban J connectivity index is 1.34. The van der Waals surface area contributed by atoms with Gasteiger partial charge in [-0.3, -0.25) is 5.10 Å². The molecule has 2 aliphatic rings. The molecule has 1 aromatic carbocycles. The van der Waals surface area contributed by atoms with E-state index in [4.69, 9.17) is 0 Å². The first-order valence-corrected chi connectivity index (χ1v) is 11.6. The Kier molecular flexibility index (Phi) is 5.23. The van der Waals surface area contributed by atoms with E-state index in [0.29, 0.717) is 17.0 Å². The molecule has 7 heteroatoms. The average Bonchev–Trinajstić information content (AvgIpc) is 3.19. The molecule has 1 unspecified atom stereocenters. The minimum Gasteiger partial charge on any atom is -0.371 e. The van der Waals surface area contributed by atoms with Crippen molar-refractivity contribution in [3.05, 3.63) is 41.7 Å². The van der Waals surface area contributed by atoms with Crippen molar-refractivity contribution in [3.63, 3.8) is 0 Å². The molecule has 146 valence electrons. The van der Waals surface area contributed by atoms with Gasteiger partial charge in [-0.05, 0) is 56.4 Å². The Morgan fingerprint density at radius 1 is 1.19 bits per heavy atom. The number of anilines is 1. The summed E-state index contributed by atoms with van der Waals surface area (Å²) in [7, 11) is -3.13. The molecule has 1 aliphatic heterocycles. The molecule has 2 N–H and O–H groups in total. The minimum absolute atomic E-state index is 0.142. The molecule has 6 nitrogen and oxygen atoms in total. The van der Waals surface area contributed by atoms with Crippen LogP contribution in [0.1, 0.15) is 49.9 Å². The molecule has 27 heavy (non-hydrogen) atoms. The lowest BCUT2D eigenvalue weighted by Gasteiger charge is -2.36. The van der Waals surface area contributed by atoms with Crippen LogP contribution in [0.4, 0.5) is 5.69 Å². The minimum atomic E-state index is -3.13. The summed E-state index contributed by atoms with van der Waals surface area (Å²) in [6.45, 7) is 3.66. The van der Waals surface area contributed by atoms with Gasteiger partial charge in [0.25, 0.3) is 0 Å². The van der Waals surface area contributed by atoms with Crippen LogP contribution in [-0.2, 0) is 16.3 Å². The highest BCUT2D eigenvalue weighted by Gasteiger charge is 2.26. The van der Waals surface area contributed by atoms with Gasteiger partial charge in [0.05, 0.1) is 16.8 Å². The van der Waals surface area contributed by atoms with Gasteiger partial charge in [-0.15, -0.1) is 0 Å². The Morgan fingerprint density at radius 3 is 2.63 bits per heavy atom. The monoisotopic (exact) mass is 388 g/mol. The summed E-state index contributed by atoms with van der Waals surface area (Å²) in [5, 5.41) is 11.2. The molecule has 1 fully saturated rings. The maximum absolute atomic E-state index is 12.0. The third-order valence-electron chi connectivity index (χ3n) is 5.92. The Morgan fingerprint density at radius 2 is 1.93 bits per heavy atom. The van der Waals surface area contributed by atoms with Crippen LogP contribution in [0.25, 0.3) is 0 Å². The molecule has 1 saturated heterocycles. The summed E-state index contributed by atoms with van der Waals surface area (Å²) >= 11 is 0. The fourth-order valence-electron chi connectivity index (χ4n) is 4.25. The summed E-state index contributed by atoms with van der Waals surface area (Å²) in [6.07, 6.45) is 7.67. The van der Waals surface area contributed by atoms with Gasteiger partial charge >= 0.3 is 0 Å². The van der Waals surface area contributed by atoms with E-state index in [1.54, 1.807) is 19.1 Å². The van der Waals surface area contributed by atoms with Crippen LogP contribution >= 0.6 is 0 Å². The predicted molar refractivity (Wildman–Crippen MR) is 107 cm³/mol.